The predicted molar refractivity (Wildman–Crippen MR) is 164 cm³/mol. The fourth-order valence-electron chi connectivity index (χ4n) is 6.05. The van der Waals surface area contributed by atoms with Crippen molar-refractivity contribution in [2.24, 2.45) is 5.92 Å². The third-order valence-electron chi connectivity index (χ3n) is 8.53. The van der Waals surface area contributed by atoms with E-state index >= 15 is 0 Å². The maximum atomic E-state index is 13.7. The maximum Gasteiger partial charge on any atom is 0.255 e. The highest BCUT2D eigenvalue weighted by Crippen LogP contribution is 2.28. The number of halogens is 1. The Hall–Kier alpha value is -3.84. The molecule has 5 rings (SSSR count). The first kappa shape index (κ1) is 29.6. The Morgan fingerprint density at radius 1 is 0.857 bits per heavy atom. The second kappa shape index (κ2) is 13.9. The Kier molecular flexibility index (Phi) is 9.80. The Morgan fingerprint density at radius 3 is 2.14 bits per heavy atom. The van der Waals surface area contributed by atoms with E-state index in [0.717, 1.165) is 37.0 Å². The Labute approximate surface area is 252 Å². The molecule has 8 heteroatoms. The number of nitrogens with zero attached hydrogens (tertiary/aromatic N) is 2. The summed E-state index contributed by atoms with van der Waals surface area (Å²) >= 11 is 6.22. The standard InChI is InChI=1S/C34H38ClN3O4/c1-42-29-17-11-26(12-18-29)33(40)38(23-24-7-3-2-4-8-24)28-15-13-27(14-16-28)36-32(39)25-19-21-37(22-20-25)34(41)30-9-5-6-10-31(30)35/h2-12,17-18,25,27-28H,13-16,19-23H2,1H3,(H,36,39). The van der Waals surface area contributed by atoms with Crippen molar-refractivity contribution in [3.8, 4) is 5.75 Å². The van der Waals surface area contributed by atoms with Gasteiger partial charge < -0.3 is 19.9 Å². The average molecular weight is 588 g/mol. The number of likely N-dealkylation sites (tertiary alicyclic amines) is 1. The van der Waals surface area contributed by atoms with Crippen molar-refractivity contribution in [3.63, 3.8) is 0 Å². The lowest BCUT2D eigenvalue weighted by Crippen LogP contribution is -2.48. The van der Waals surface area contributed by atoms with Crippen LogP contribution in [0.1, 0.15) is 64.8 Å². The minimum absolute atomic E-state index is 0.00656. The van der Waals surface area contributed by atoms with Gasteiger partial charge in [-0.25, -0.2) is 0 Å². The van der Waals surface area contributed by atoms with Crippen LogP contribution in [0.25, 0.3) is 0 Å². The number of methoxy groups -OCH3 is 1. The van der Waals surface area contributed by atoms with Crippen LogP contribution >= 0.6 is 11.6 Å². The summed E-state index contributed by atoms with van der Waals surface area (Å²) in [4.78, 5) is 43.5. The van der Waals surface area contributed by atoms with E-state index in [9.17, 15) is 14.4 Å². The third kappa shape index (κ3) is 7.13. The molecule has 1 aliphatic heterocycles. The zero-order chi connectivity index (χ0) is 29.5. The molecule has 2 aliphatic rings. The van der Waals surface area contributed by atoms with Crippen LogP contribution in [-0.2, 0) is 11.3 Å². The maximum absolute atomic E-state index is 13.7. The molecular weight excluding hydrogens is 550 g/mol. The van der Waals surface area contributed by atoms with Crippen LogP contribution in [-0.4, -0.2) is 59.8 Å². The molecule has 1 saturated heterocycles. The van der Waals surface area contributed by atoms with Crippen LogP contribution in [0.4, 0.5) is 0 Å². The lowest BCUT2D eigenvalue weighted by Gasteiger charge is -2.38. The minimum atomic E-state index is -0.107. The number of carbonyl (C=O) groups excluding carboxylic acids is 3. The fourth-order valence-corrected chi connectivity index (χ4v) is 6.26. The number of nitrogens with one attached hydrogen (secondary N) is 1. The van der Waals surface area contributed by atoms with Crippen molar-refractivity contribution in [1.82, 2.24) is 15.1 Å². The lowest BCUT2D eigenvalue weighted by atomic mass is 9.88. The van der Waals surface area contributed by atoms with Gasteiger partial charge in [0, 0.05) is 43.2 Å². The van der Waals surface area contributed by atoms with Gasteiger partial charge in [0.2, 0.25) is 5.91 Å². The van der Waals surface area contributed by atoms with E-state index in [-0.39, 0.29) is 35.7 Å². The highest BCUT2D eigenvalue weighted by molar-refractivity contribution is 6.33. The smallest absolute Gasteiger partial charge is 0.255 e. The van der Waals surface area contributed by atoms with Crippen molar-refractivity contribution in [2.45, 2.75) is 57.2 Å². The van der Waals surface area contributed by atoms with Gasteiger partial charge in [-0.3, -0.25) is 14.4 Å². The number of ether oxygens (including phenoxy) is 1. The van der Waals surface area contributed by atoms with Crippen LogP contribution in [0.15, 0.2) is 78.9 Å². The molecule has 0 unspecified atom stereocenters. The number of benzene rings is 3. The monoisotopic (exact) mass is 587 g/mol. The molecular formula is C34H38ClN3O4. The van der Waals surface area contributed by atoms with E-state index in [0.29, 0.717) is 48.6 Å². The Bertz CT molecular complexity index is 1370. The molecule has 3 amide bonds. The summed E-state index contributed by atoms with van der Waals surface area (Å²) in [5, 5.41) is 3.73. The highest BCUT2D eigenvalue weighted by Gasteiger charge is 2.33. The van der Waals surface area contributed by atoms with E-state index in [1.54, 1.807) is 24.1 Å². The van der Waals surface area contributed by atoms with Crippen LogP contribution < -0.4 is 10.1 Å². The molecule has 0 radical (unpaired) electrons. The second-order valence-electron chi connectivity index (χ2n) is 11.2. The average Bonchev–Trinajstić information content (AvgIpc) is 3.04. The summed E-state index contributed by atoms with van der Waals surface area (Å²) in [5.41, 5.74) is 2.24. The number of carbonyl (C=O) groups is 3. The van der Waals surface area contributed by atoms with Gasteiger partial charge >= 0.3 is 0 Å². The molecule has 1 aliphatic carbocycles. The van der Waals surface area contributed by atoms with Crippen LogP contribution in [0.5, 0.6) is 5.75 Å². The minimum Gasteiger partial charge on any atom is -0.497 e. The molecule has 0 bridgehead atoms. The van der Waals surface area contributed by atoms with Crippen LogP contribution in [0, 0.1) is 5.92 Å². The van der Waals surface area contributed by atoms with Crippen LogP contribution in [0.2, 0.25) is 5.02 Å². The Balaban J connectivity index is 1.15. The highest BCUT2D eigenvalue weighted by atomic mass is 35.5. The molecule has 7 nitrogen and oxygen atoms in total. The molecule has 0 atom stereocenters. The molecule has 2 fully saturated rings. The first-order chi connectivity index (χ1) is 20.4. The van der Waals surface area contributed by atoms with Crippen molar-refractivity contribution in [3.05, 3.63) is 101 Å². The van der Waals surface area contributed by atoms with Gasteiger partial charge in [-0.05, 0) is 80.5 Å². The molecule has 220 valence electrons. The van der Waals surface area contributed by atoms with E-state index in [1.165, 1.54) is 0 Å². The summed E-state index contributed by atoms with van der Waals surface area (Å²) in [6.45, 7) is 1.62. The SMILES string of the molecule is COc1ccc(C(=O)N(Cc2ccccc2)C2CCC(NC(=O)C3CCN(C(=O)c4ccccc4Cl)CC3)CC2)cc1. The number of rotatable bonds is 8. The van der Waals surface area contributed by atoms with E-state index in [4.69, 9.17) is 16.3 Å². The topological polar surface area (TPSA) is 79.0 Å². The van der Waals surface area contributed by atoms with Gasteiger partial charge in [0.25, 0.3) is 11.8 Å². The first-order valence-electron chi connectivity index (χ1n) is 14.8. The molecule has 3 aromatic rings. The predicted octanol–water partition coefficient (Wildman–Crippen LogP) is 5.97. The molecule has 42 heavy (non-hydrogen) atoms. The second-order valence-corrected chi connectivity index (χ2v) is 11.6. The Morgan fingerprint density at radius 2 is 1.50 bits per heavy atom. The van der Waals surface area contributed by atoms with E-state index in [2.05, 4.69) is 5.32 Å². The third-order valence-corrected chi connectivity index (χ3v) is 8.86. The van der Waals surface area contributed by atoms with E-state index in [1.807, 2.05) is 71.6 Å². The normalized spacial score (nSPS) is 19.1. The molecule has 3 aromatic carbocycles. The van der Waals surface area contributed by atoms with Crippen molar-refractivity contribution in [1.29, 1.82) is 0 Å². The number of piperidine rings is 1. The molecule has 1 N–H and O–H groups in total. The van der Waals surface area contributed by atoms with Crippen molar-refractivity contribution >= 4 is 29.3 Å². The molecule has 1 saturated carbocycles. The van der Waals surface area contributed by atoms with Crippen molar-refractivity contribution in [2.75, 3.05) is 20.2 Å². The largest absolute Gasteiger partial charge is 0.497 e. The molecule has 0 aromatic heterocycles. The summed E-state index contributed by atoms with van der Waals surface area (Å²) in [5.74, 6) is 0.604. The summed E-state index contributed by atoms with van der Waals surface area (Å²) in [6.07, 6.45) is 4.56. The summed E-state index contributed by atoms with van der Waals surface area (Å²) in [6, 6.07) is 24.6. The van der Waals surface area contributed by atoms with Crippen LogP contribution in [0.3, 0.4) is 0 Å². The number of amides is 3. The van der Waals surface area contributed by atoms with Crippen molar-refractivity contribution < 1.29 is 19.1 Å². The number of hydrogen-bond acceptors (Lipinski definition) is 4. The van der Waals surface area contributed by atoms with Gasteiger partial charge in [-0.2, -0.15) is 0 Å². The number of hydrogen-bond donors (Lipinski definition) is 1. The zero-order valence-electron chi connectivity index (χ0n) is 24.0. The lowest BCUT2D eigenvalue weighted by molar-refractivity contribution is -0.127. The van der Waals surface area contributed by atoms with Gasteiger partial charge in [-0.15, -0.1) is 0 Å². The summed E-state index contributed by atoms with van der Waals surface area (Å²) in [7, 11) is 1.61. The van der Waals surface area contributed by atoms with Gasteiger partial charge in [0.15, 0.2) is 0 Å². The molecule has 1 heterocycles. The fraction of sp³-hybridized carbons (Fsp3) is 0.382. The zero-order valence-corrected chi connectivity index (χ0v) is 24.8. The van der Waals surface area contributed by atoms with Gasteiger partial charge in [0.05, 0.1) is 17.7 Å². The van der Waals surface area contributed by atoms with Gasteiger partial charge in [0.1, 0.15) is 5.75 Å². The van der Waals surface area contributed by atoms with Gasteiger partial charge in [-0.1, -0.05) is 54.1 Å². The van der Waals surface area contributed by atoms with E-state index < -0.39 is 0 Å². The summed E-state index contributed by atoms with van der Waals surface area (Å²) < 4.78 is 5.27. The molecule has 0 spiro atoms. The first-order valence-corrected chi connectivity index (χ1v) is 15.1. The quantitative estimate of drug-likeness (QED) is 0.352.